The van der Waals surface area contributed by atoms with Gasteiger partial charge in [0.25, 0.3) is 16.8 Å². The van der Waals surface area contributed by atoms with E-state index in [9.17, 15) is 27.6 Å². The minimum absolute atomic E-state index is 0.150. The van der Waals surface area contributed by atoms with Crippen LogP contribution in [0, 0.1) is 6.92 Å². The number of hydrogen-bond acceptors (Lipinski definition) is 6. The van der Waals surface area contributed by atoms with E-state index in [1.807, 2.05) is 0 Å². The third-order valence-electron chi connectivity index (χ3n) is 4.74. The van der Waals surface area contributed by atoms with Crippen molar-refractivity contribution in [3.63, 3.8) is 0 Å². The Kier molecular flexibility index (Phi) is 4.61. The van der Waals surface area contributed by atoms with Gasteiger partial charge in [-0.2, -0.15) is 13.2 Å². The number of furan rings is 1. The van der Waals surface area contributed by atoms with Gasteiger partial charge in [0.2, 0.25) is 0 Å². The number of nitrogens with one attached hydrogen (secondary N) is 3. The first-order chi connectivity index (χ1) is 14.1. The van der Waals surface area contributed by atoms with Crippen LogP contribution in [0.15, 0.2) is 38.3 Å². The Bertz CT molecular complexity index is 1240. The van der Waals surface area contributed by atoms with E-state index < -0.39 is 40.4 Å². The summed E-state index contributed by atoms with van der Waals surface area (Å²) in [4.78, 5) is 36.2. The number of benzene rings is 1. The second-order valence-electron chi connectivity index (χ2n) is 6.73. The first kappa shape index (κ1) is 20.0. The summed E-state index contributed by atoms with van der Waals surface area (Å²) in [6, 6.07) is 3.03. The Morgan fingerprint density at radius 2 is 1.80 bits per heavy atom. The van der Waals surface area contributed by atoms with Gasteiger partial charge >= 0.3 is 6.18 Å². The summed E-state index contributed by atoms with van der Waals surface area (Å²) in [5.41, 5.74) is -2.23. The standard InChI is InChI=1S/C19H13ClF3N3O4/c1-7-2-5-11(30-7)17(19(21,22)23)26-14-13(15(27)16(14)28)25-10-4-3-9(20)8-6-24-18(29)12(8)10/h2-5,17,25-26H,6H2,1H3,(H,24,29). The van der Waals surface area contributed by atoms with Gasteiger partial charge in [0, 0.05) is 17.1 Å². The molecule has 3 aromatic rings. The lowest BCUT2D eigenvalue weighted by atomic mass is 10.1. The van der Waals surface area contributed by atoms with E-state index in [0.717, 1.165) is 6.07 Å². The second kappa shape index (κ2) is 6.91. The summed E-state index contributed by atoms with van der Waals surface area (Å²) >= 11 is 6.06. The predicted molar refractivity (Wildman–Crippen MR) is 103 cm³/mol. The monoisotopic (exact) mass is 439 g/mol. The van der Waals surface area contributed by atoms with Crippen molar-refractivity contribution in [2.24, 2.45) is 0 Å². The molecule has 4 rings (SSSR count). The smallest absolute Gasteiger partial charge is 0.415 e. The molecule has 7 nitrogen and oxygen atoms in total. The highest BCUT2D eigenvalue weighted by Gasteiger charge is 2.44. The second-order valence-corrected chi connectivity index (χ2v) is 7.14. The number of amides is 1. The average molecular weight is 440 g/mol. The zero-order chi connectivity index (χ0) is 21.8. The number of alkyl halides is 3. The number of aryl methyl sites for hydroxylation is 1. The number of anilines is 3. The lowest BCUT2D eigenvalue weighted by Crippen LogP contribution is -2.40. The van der Waals surface area contributed by atoms with Gasteiger partial charge in [-0.05, 0) is 31.2 Å². The van der Waals surface area contributed by atoms with E-state index in [1.165, 1.54) is 25.1 Å². The third kappa shape index (κ3) is 3.22. The van der Waals surface area contributed by atoms with Crippen LogP contribution in [-0.2, 0) is 6.54 Å². The van der Waals surface area contributed by atoms with E-state index >= 15 is 0 Å². The maximum absolute atomic E-state index is 13.6. The number of hydrogen-bond donors (Lipinski definition) is 3. The largest absolute Gasteiger partial charge is 0.464 e. The molecular weight excluding hydrogens is 427 g/mol. The molecule has 11 heteroatoms. The topological polar surface area (TPSA) is 100 Å². The van der Waals surface area contributed by atoms with Crippen LogP contribution in [-0.4, -0.2) is 12.1 Å². The van der Waals surface area contributed by atoms with Crippen molar-refractivity contribution in [1.82, 2.24) is 5.32 Å². The van der Waals surface area contributed by atoms with Crippen molar-refractivity contribution in [3.05, 3.63) is 72.4 Å². The maximum Gasteiger partial charge on any atom is 0.415 e. The van der Waals surface area contributed by atoms with Crippen molar-refractivity contribution in [2.75, 3.05) is 10.6 Å². The van der Waals surface area contributed by atoms with Crippen LogP contribution in [0.25, 0.3) is 0 Å². The van der Waals surface area contributed by atoms with Crippen molar-refractivity contribution >= 4 is 34.6 Å². The maximum atomic E-state index is 13.6. The first-order valence-electron chi connectivity index (χ1n) is 8.67. The van der Waals surface area contributed by atoms with Crippen molar-refractivity contribution in [3.8, 4) is 0 Å². The van der Waals surface area contributed by atoms with Gasteiger partial charge in [-0.15, -0.1) is 0 Å². The zero-order valence-corrected chi connectivity index (χ0v) is 16.0. The van der Waals surface area contributed by atoms with Gasteiger partial charge in [-0.1, -0.05) is 11.6 Å². The van der Waals surface area contributed by atoms with Crippen LogP contribution in [0.2, 0.25) is 5.02 Å². The summed E-state index contributed by atoms with van der Waals surface area (Å²) in [7, 11) is 0. The molecule has 1 aliphatic heterocycles. The van der Waals surface area contributed by atoms with Gasteiger partial charge in [-0.25, -0.2) is 0 Å². The van der Waals surface area contributed by atoms with Crippen LogP contribution < -0.4 is 26.8 Å². The molecule has 0 aliphatic carbocycles. The Balaban J connectivity index is 1.70. The SMILES string of the molecule is Cc1ccc(C(Nc2c(Nc3ccc(Cl)c4c3C(=O)NC4)c(=O)c2=O)C(F)(F)F)o1. The molecule has 3 N–H and O–H groups in total. The normalized spacial score (nSPS) is 14.5. The molecule has 1 unspecified atom stereocenters. The number of carbonyl (C=O) groups is 1. The molecule has 2 heterocycles. The van der Waals surface area contributed by atoms with Crippen molar-refractivity contribution in [1.29, 1.82) is 0 Å². The highest BCUT2D eigenvalue weighted by molar-refractivity contribution is 6.32. The summed E-state index contributed by atoms with van der Waals surface area (Å²) in [6.45, 7) is 1.65. The van der Waals surface area contributed by atoms with Crippen LogP contribution >= 0.6 is 11.6 Å². The average Bonchev–Trinajstić information content (AvgIpc) is 3.28. The van der Waals surface area contributed by atoms with Crippen LogP contribution in [0.1, 0.15) is 33.5 Å². The van der Waals surface area contributed by atoms with E-state index in [1.54, 1.807) is 0 Å². The molecule has 30 heavy (non-hydrogen) atoms. The summed E-state index contributed by atoms with van der Waals surface area (Å²) in [5.74, 6) is -0.652. The Labute approximate surface area is 171 Å². The number of carbonyl (C=O) groups excluding carboxylic acids is 1. The number of rotatable bonds is 5. The fraction of sp³-hybridized carbons (Fsp3) is 0.211. The van der Waals surface area contributed by atoms with Crippen molar-refractivity contribution in [2.45, 2.75) is 25.7 Å². The number of fused-ring (bicyclic) bond motifs is 1. The van der Waals surface area contributed by atoms with Crippen LogP contribution in [0.4, 0.5) is 30.2 Å². The zero-order valence-electron chi connectivity index (χ0n) is 15.2. The third-order valence-corrected chi connectivity index (χ3v) is 5.09. The molecule has 1 amide bonds. The van der Waals surface area contributed by atoms with Gasteiger partial charge in [0.15, 0.2) is 6.04 Å². The summed E-state index contributed by atoms with van der Waals surface area (Å²) < 4.78 is 45.7. The summed E-state index contributed by atoms with van der Waals surface area (Å²) in [6.07, 6.45) is -4.80. The van der Waals surface area contributed by atoms with Gasteiger partial charge in [0.05, 0.1) is 11.3 Å². The highest BCUT2D eigenvalue weighted by atomic mass is 35.5. The quantitative estimate of drug-likeness (QED) is 0.526. The molecule has 0 saturated heterocycles. The van der Waals surface area contributed by atoms with Gasteiger partial charge < -0.3 is 20.4 Å². The lowest BCUT2D eigenvalue weighted by molar-refractivity contribution is -0.147. The van der Waals surface area contributed by atoms with Crippen molar-refractivity contribution < 1.29 is 22.4 Å². The molecule has 0 bridgehead atoms. The molecule has 156 valence electrons. The van der Waals surface area contributed by atoms with Gasteiger partial charge in [-0.3, -0.25) is 14.4 Å². The predicted octanol–water partition coefficient (Wildman–Crippen LogP) is 3.54. The van der Waals surface area contributed by atoms with Crippen LogP contribution in [0.3, 0.4) is 0 Å². The summed E-state index contributed by atoms with van der Waals surface area (Å²) in [5, 5.41) is 7.57. The minimum atomic E-state index is -4.80. The van der Waals surface area contributed by atoms with Gasteiger partial charge in [0.1, 0.15) is 22.9 Å². The van der Waals surface area contributed by atoms with Crippen LogP contribution in [0.5, 0.6) is 0 Å². The van der Waals surface area contributed by atoms with E-state index in [2.05, 4.69) is 16.0 Å². The molecular formula is C19H13ClF3N3O4. The molecule has 1 atom stereocenters. The van der Waals surface area contributed by atoms with E-state index in [-0.39, 0.29) is 29.2 Å². The minimum Gasteiger partial charge on any atom is -0.464 e. The Morgan fingerprint density at radius 1 is 1.10 bits per heavy atom. The van der Waals surface area contributed by atoms with E-state index in [0.29, 0.717) is 10.6 Å². The lowest BCUT2D eigenvalue weighted by Gasteiger charge is -2.23. The number of halogens is 4. The molecule has 0 radical (unpaired) electrons. The fourth-order valence-electron chi connectivity index (χ4n) is 3.27. The molecule has 1 aliphatic rings. The molecule has 0 spiro atoms. The Hall–Kier alpha value is -3.27. The molecule has 1 aromatic heterocycles. The molecule has 2 aromatic carbocycles. The highest BCUT2D eigenvalue weighted by Crippen LogP contribution is 2.38. The fourth-order valence-corrected chi connectivity index (χ4v) is 3.49. The Morgan fingerprint density at radius 3 is 2.43 bits per heavy atom. The van der Waals surface area contributed by atoms with E-state index in [4.69, 9.17) is 16.0 Å². The molecule has 0 saturated carbocycles. The first-order valence-corrected chi connectivity index (χ1v) is 9.05. The molecule has 0 fully saturated rings.